The minimum Gasteiger partial charge on any atom is -0.330 e. The van der Waals surface area contributed by atoms with E-state index in [1.54, 1.807) is 0 Å². The standard InChI is InChI=1S/C35H59N/c1-10-29(22-30(11-2)24-36)23-35(13-4)33(9,12-3)25-32(8)20-21-34(35,28(32)7)19-18-27(6)31-16-14-26(5)15-17-31/h14-17,28-30H,6,10-13,18-25,36H2,1-5,7-9H3/t28-,29?,30?,32+,33-,34?,35-/m1/s1. The molecule has 1 nitrogen and oxygen atoms in total. The fraction of sp³-hybridized carbons (Fsp3) is 0.771. The maximum atomic E-state index is 6.23. The third-order valence-corrected chi connectivity index (χ3v) is 12.4. The summed E-state index contributed by atoms with van der Waals surface area (Å²) in [7, 11) is 0. The van der Waals surface area contributed by atoms with Gasteiger partial charge in [0, 0.05) is 0 Å². The maximum absolute atomic E-state index is 6.23. The Balaban J connectivity index is 2.03. The van der Waals surface area contributed by atoms with Crippen LogP contribution in [0, 0.1) is 46.3 Å². The first-order chi connectivity index (χ1) is 17.0. The van der Waals surface area contributed by atoms with E-state index in [-0.39, 0.29) is 0 Å². The van der Waals surface area contributed by atoms with Crippen LogP contribution in [-0.4, -0.2) is 6.54 Å². The van der Waals surface area contributed by atoms with Crippen molar-refractivity contribution in [3.05, 3.63) is 42.0 Å². The van der Waals surface area contributed by atoms with Gasteiger partial charge in [0.15, 0.2) is 0 Å². The SMILES string of the molecule is C=C(CCC12CC[C@@](C)(C[C@@](C)(CC)[C@@]1(CC)CC(CC)CC(CC)CN)[C@H]2C)c1ccc(C)cc1. The molecule has 1 aromatic carbocycles. The minimum absolute atomic E-state index is 0.380. The molecule has 2 N–H and O–H groups in total. The van der Waals surface area contributed by atoms with E-state index in [0.29, 0.717) is 27.6 Å². The Bertz CT molecular complexity index is 865. The Hall–Kier alpha value is -1.08. The second-order valence-corrected chi connectivity index (χ2v) is 13.8. The number of nitrogens with two attached hydrogens (primary N) is 1. The van der Waals surface area contributed by atoms with Crippen molar-refractivity contribution in [2.24, 2.45) is 45.1 Å². The average molecular weight is 494 g/mol. The predicted octanol–water partition coefficient (Wildman–Crippen LogP) is 10.2. The summed E-state index contributed by atoms with van der Waals surface area (Å²) in [6.07, 6.45) is 14.4. The number of aryl methyl sites for hydroxylation is 1. The van der Waals surface area contributed by atoms with Crippen molar-refractivity contribution in [2.75, 3.05) is 6.54 Å². The van der Waals surface area contributed by atoms with Crippen molar-refractivity contribution in [1.29, 1.82) is 0 Å². The summed E-state index contributed by atoms with van der Waals surface area (Å²) in [4.78, 5) is 0. The summed E-state index contributed by atoms with van der Waals surface area (Å²) < 4.78 is 0. The van der Waals surface area contributed by atoms with Gasteiger partial charge in [-0.2, -0.15) is 0 Å². The lowest BCUT2D eigenvalue weighted by Crippen LogP contribution is -2.60. The summed E-state index contributed by atoms with van der Waals surface area (Å²) in [5.74, 6) is 2.21. The van der Waals surface area contributed by atoms with Crippen LogP contribution in [0.3, 0.4) is 0 Å². The first kappa shape index (κ1) is 29.5. The highest BCUT2D eigenvalue weighted by Crippen LogP contribution is 2.79. The number of fused-ring (bicyclic) bond motifs is 2. The number of hydrogen-bond donors (Lipinski definition) is 1. The molecule has 2 aliphatic carbocycles. The molecule has 0 saturated heterocycles. The molecule has 204 valence electrons. The van der Waals surface area contributed by atoms with Crippen molar-refractivity contribution in [3.63, 3.8) is 0 Å². The Morgan fingerprint density at radius 2 is 1.64 bits per heavy atom. The zero-order valence-electron chi connectivity index (χ0n) is 25.3. The molecule has 0 aliphatic heterocycles. The van der Waals surface area contributed by atoms with E-state index in [1.807, 2.05) is 0 Å². The van der Waals surface area contributed by atoms with Crippen LogP contribution < -0.4 is 5.73 Å². The highest BCUT2D eigenvalue weighted by molar-refractivity contribution is 5.63. The van der Waals surface area contributed by atoms with Gasteiger partial charge in [-0.3, -0.25) is 0 Å². The molecule has 0 heterocycles. The van der Waals surface area contributed by atoms with Crippen LogP contribution in [0.1, 0.15) is 130 Å². The maximum Gasteiger partial charge on any atom is -0.00489 e. The fourth-order valence-electron chi connectivity index (χ4n) is 9.68. The van der Waals surface area contributed by atoms with Gasteiger partial charge in [-0.1, -0.05) is 104 Å². The lowest BCUT2D eigenvalue weighted by atomic mass is 9.37. The first-order valence-corrected chi connectivity index (χ1v) is 15.4. The summed E-state index contributed by atoms with van der Waals surface area (Å²) in [6, 6.07) is 9.05. The van der Waals surface area contributed by atoms with E-state index in [0.717, 1.165) is 24.8 Å². The zero-order chi connectivity index (χ0) is 26.8. The van der Waals surface area contributed by atoms with Crippen molar-refractivity contribution in [1.82, 2.24) is 0 Å². The lowest BCUT2D eigenvalue weighted by molar-refractivity contribution is -0.188. The monoisotopic (exact) mass is 493 g/mol. The van der Waals surface area contributed by atoms with Crippen molar-refractivity contribution >= 4 is 5.57 Å². The van der Waals surface area contributed by atoms with E-state index in [2.05, 4.69) is 86.2 Å². The molecule has 0 aromatic heterocycles. The fourth-order valence-corrected chi connectivity index (χ4v) is 9.68. The molecule has 1 aromatic rings. The molecular formula is C35H59N. The van der Waals surface area contributed by atoms with Crippen molar-refractivity contribution in [3.8, 4) is 0 Å². The molecule has 3 unspecified atom stereocenters. The zero-order valence-corrected chi connectivity index (χ0v) is 25.3. The second kappa shape index (κ2) is 11.3. The Morgan fingerprint density at radius 1 is 1.00 bits per heavy atom. The molecule has 2 fully saturated rings. The molecule has 3 rings (SSSR count). The Morgan fingerprint density at radius 3 is 2.17 bits per heavy atom. The van der Waals surface area contributed by atoms with Crippen LogP contribution in [0.4, 0.5) is 0 Å². The first-order valence-electron chi connectivity index (χ1n) is 15.4. The number of allylic oxidation sites excluding steroid dienone is 1. The number of benzene rings is 1. The van der Waals surface area contributed by atoms with Crippen LogP contribution in [-0.2, 0) is 0 Å². The van der Waals surface area contributed by atoms with Gasteiger partial charge in [-0.25, -0.2) is 0 Å². The molecule has 2 saturated carbocycles. The van der Waals surface area contributed by atoms with Gasteiger partial charge in [-0.05, 0) is 115 Å². The summed E-state index contributed by atoms with van der Waals surface area (Å²) in [5.41, 5.74) is 11.9. The van der Waals surface area contributed by atoms with Crippen LogP contribution in [0.15, 0.2) is 30.8 Å². The molecule has 1 heteroatoms. The van der Waals surface area contributed by atoms with Crippen molar-refractivity contribution < 1.29 is 0 Å². The molecule has 0 spiro atoms. The minimum atomic E-state index is 0.380. The third kappa shape index (κ3) is 4.88. The highest BCUT2D eigenvalue weighted by atomic mass is 14.7. The van der Waals surface area contributed by atoms with E-state index in [1.165, 1.54) is 80.9 Å². The van der Waals surface area contributed by atoms with E-state index in [4.69, 9.17) is 5.73 Å². The topological polar surface area (TPSA) is 26.0 Å². The second-order valence-electron chi connectivity index (χ2n) is 13.8. The van der Waals surface area contributed by atoms with Gasteiger partial charge in [0.1, 0.15) is 0 Å². The molecule has 36 heavy (non-hydrogen) atoms. The molecule has 2 aliphatic rings. The van der Waals surface area contributed by atoms with Crippen molar-refractivity contribution in [2.45, 2.75) is 126 Å². The van der Waals surface area contributed by atoms with Crippen LogP contribution in [0.2, 0.25) is 0 Å². The lowest BCUT2D eigenvalue weighted by Gasteiger charge is -2.67. The van der Waals surface area contributed by atoms with Crippen LogP contribution >= 0.6 is 0 Å². The Kier molecular flexibility index (Phi) is 9.29. The van der Waals surface area contributed by atoms with Gasteiger partial charge in [0.2, 0.25) is 0 Å². The van der Waals surface area contributed by atoms with E-state index < -0.39 is 0 Å². The molecular weight excluding hydrogens is 434 g/mol. The summed E-state index contributed by atoms with van der Waals surface area (Å²) in [5, 5.41) is 0. The van der Waals surface area contributed by atoms with Gasteiger partial charge in [0.05, 0.1) is 0 Å². The van der Waals surface area contributed by atoms with Gasteiger partial charge in [0.25, 0.3) is 0 Å². The quantitative estimate of drug-likeness (QED) is 0.290. The molecule has 7 atom stereocenters. The number of rotatable bonds is 13. The normalized spacial score (nSPS) is 35.5. The summed E-state index contributed by atoms with van der Waals surface area (Å²) >= 11 is 0. The van der Waals surface area contributed by atoms with Crippen LogP contribution in [0.25, 0.3) is 5.57 Å². The van der Waals surface area contributed by atoms with Gasteiger partial charge >= 0.3 is 0 Å². The van der Waals surface area contributed by atoms with Gasteiger partial charge < -0.3 is 5.73 Å². The van der Waals surface area contributed by atoms with Crippen LogP contribution in [0.5, 0.6) is 0 Å². The smallest absolute Gasteiger partial charge is 0.00489 e. The third-order valence-electron chi connectivity index (χ3n) is 12.4. The molecule has 2 bridgehead atoms. The Labute approximate surface area is 225 Å². The summed E-state index contributed by atoms with van der Waals surface area (Å²) in [6.45, 7) is 25.4. The molecule has 0 radical (unpaired) electrons. The van der Waals surface area contributed by atoms with E-state index in [9.17, 15) is 0 Å². The predicted molar refractivity (Wildman–Crippen MR) is 160 cm³/mol. The highest BCUT2D eigenvalue weighted by Gasteiger charge is 2.70. The number of hydrogen-bond acceptors (Lipinski definition) is 1. The largest absolute Gasteiger partial charge is 0.330 e. The average Bonchev–Trinajstić information content (AvgIpc) is 3.08. The van der Waals surface area contributed by atoms with Gasteiger partial charge in [-0.15, -0.1) is 0 Å². The molecule has 0 amide bonds. The van der Waals surface area contributed by atoms with E-state index >= 15 is 0 Å².